The van der Waals surface area contributed by atoms with E-state index in [9.17, 15) is 22.8 Å². The first-order valence-electron chi connectivity index (χ1n) is 4.77. The predicted molar refractivity (Wildman–Crippen MR) is 64.3 cm³/mol. The van der Waals surface area contributed by atoms with Gasteiger partial charge in [-0.3, -0.25) is 10.1 Å². The van der Waals surface area contributed by atoms with Crippen LogP contribution in [0.2, 0.25) is 5.02 Å². The topological polar surface area (TPSA) is 58.2 Å². The smallest absolute Gasteiger partial charge is 0.308 e. The van der Waals surface area contributed by atoms with E-state index < -0.39 is 34.6 Å². The molecule has 2 N–H and O–H groups in total. The maximum Gasteiger partial charge on any atom is 0.417 e. The summed E-state index contributed by atoms with van der Waals surface area (Å²) < 4.78 is 37.6. The van der Waals surface area contributed by atoms with Gasteiger partial charge in [0, 0.05) is 5.69 Å². The van der Waals surface area contributed by atoms with Crippen LogP contribution < -0.4 is 10.6 Å². The molecule has 0 unspecified atom stereocenters. The number of alkyl halides is 4. The van der Waals surface area contributed by atoms with Crippen molar-refractivity contribution in [2.45, 2.75) is 6.18 Å². The minimum absolute atomic E-state index is 0.156. The Morgan fingerprint density at radius 3 is 2.42 bits per heavy atom. The highest BCUT2D eigenvalue weighted by atomic mass is 35.5. The van der Waals surface area contributed by atoms with Gasteiger partial charge in [-0.2, -0.15) is 13.2 Å². The fourth-order valence-corrected chi connectivity index (χ4v) is 1.43. The van der Waals surface area contributed by atoms with E-state index in [0.29, 0.717) is 6.07 Å². The summed E-state index contributed by atoms with van der Waals surface area (Å²) >= 11 is 10.6. The van der Waals surface area contributed by atoms with Gasteiger partial charge in [0.1, 0.15) is 5.88 Å². The Labute approximate surface area is 115 Å². The van der Waals surface area contributed by atoms with E-state index in [1.807, 2.05) is 5.32 Å². The monoisotopic (exact) mass is 314 g/mol. The van der Waals surface area contributed by atoms with Gasteiger partial charge >= 0.3 is 12.2 Å². The zero-order valence-corrected chi connectivity index (χ0v) is 10.7. The van der Waals surface area contributed by atoms with Gasteiger partial charge in [-0.1, -0.05) is 11.6 Å². The first kappa shape index (κ1) is 15.6. The Balaban J connectivity index is 2.86. The lowest BCUT2D eigenvalue weighted by atomic mass is 10.2. The van der Waals surface area contributed by atoms with Crippen molar-refractivity contribution in [2.75, 3.05) is 11.2 Å². The lowest BCUT2D eigenvalue weighted by Crippen LogP contribution is -2.35. The van der Waals surface area contributed by atoms with Gasteiger partial charge in [0.2, 0.25) is 5.91 Å². The van der Waals surface area contributed by atoms with Crippen molar-refractivity contribution in [1.29, 1.82) is 0 Å². The van der Waals surface area contributed by atoms with Gasteiger partial charge in [-0.05, 0) is 18.2 Å². The van der Waals surface area contributed by atoms with Gasteiger partial charge in [-0.15, -0.1) is 11.6 Å². The molecule has 0 heterocycles. The van der Waals surface area contributed by atoms with Crippen LogP contribution in [0.5, 0.6) is 0 Å². The molecule has 9 heteroatoms. The number of imide groups is 1. The van der Waals surface area contributed by atoms with Crippen LogP contribution in [-0.4, -0.2) is 17.8 Å². The zero-order valence-electron chi connectivity index (χ0n) is 9.15. The van der Waals surface area contributed by atoms with E-state index in [1.54, 1.807) is 0 Å². The van der Waals surface area contributed by atoms with E-state index in [1.165, 1.54) is 6.07 Å². The number of benzene rings is 1. The van der Waals surface area contributed by atoms with Crippen LogP contribution in [0.4, 0.5) is 23.7 Å². The lowest BCUT2D eigenvalue weighted by Gasteiger charge is -2.11. The molecule has 4 nitrogen and oxygen atoms in total. The number of hydrogen-bond donors (Lipinski definition) is 2. The minimum atomic E-state index is -4.64. The molecule has 0 atom stereocenters. The number of halogens is 5. The van der Waals surface area contributed by atoms with E-state index in [0.717, 1.165) is 6.07 Å². The molecule has 0 spiro atoms. The SMILES string of the molecule is O=C(CCl)NC(=O)Nc1ccc(Cl)c(C(F)(F)F)c1. The van der Waals surface area contributed by atoms with Gasteiger partial charge in [0.05, 0.1) is 10.6 Å². The molecule has 0 saturated heterocycles. The van der Waals surface area contributed by atoms with Crippen LogP contribution in [0.25, 0.3) is 0 Å². The molecule has 0 radical (unpaired) electrons. The molecule has 0 bridgehead atoms. The summed E-state index contributed by atoms with van der Waals surface area (Å²) in [4.78, 5) is 22.0. The highest BCUT2D eigenvalue weighted by molar-refractivity contribution is 6.31. The first-order valence-corrected chi connectivity index (χ1v) is 5.69. The van der Waals surface area contributed by atoms with Crippen LogP contribution in [0.1, 0.15) is 5.56 Å². The standard InChI is InChI=1S/C10H7Cl2F3N2O2/c11-4-8(18)17-9(19)16-5-1-2-7(12)6(3-5)10(13,14)15/h1-3H,4H2,(H2,16,17,18,19). The second-order valence-electron chi connectivity index (χ2n) is 3.33. The lowest BCUT2D eigenvalue weighted by molar-refractivity contribution is -0.137. The number of nitrogens with one attached hydrogen (secondary N) is 2. The Kier molecular flexibility index (Phi) is 5.02. The molecule has 0 aromatic heterocycles. The molecule has 0 fully saturated rings. The first-order chi connectivity index (χ1) is 8.74. The Bertz CT molecular complexity index is 506. The van der Waals surface area contributed by atoms with Crippen molar-refractivity contribution < 1.29 is 22.8 Å². The average molecular weight is 315 g/mol. The third-order valence-electron chi connectivity index (χ3n) is 1.90. The largest absolute Gasteiger partial charge is 0.417 e. The molecule has 1 aromatic rings. The predicted octanol–water partition coefficient (Wildman–Crippen LogP) is 3.25. The van der Waals surface area contributed by atoms with E-state index in [2.05, 4.69) is 5.32 Å². The van der Waals surface area contributed by atoms with E-state index in [-0.39, 0.29) is 5.69 Å². The summed E-state index contributed by atoms with van der Waals surface area (Å²) in [5, 5.41) is 3.38. The summed E-state index contributed by atoms with van der Waals surface area (Å²) in [6, 6.07) is 1.83. The fourth-order valence-electron chi connectivity index (χ4n) is 1.14. The number of rotatable bonds is 2. The number of urea groups is 1. The molecule has 1 rings (SSSR count). The summed E-state index contributed by atoms with van der Waals surface area (Å²) in [6.07, 6.45) is -4.64. The van der Waals surface area contributed by atoms with Crippen LogP contribution in [-0.2, 0) is 11.0 Å². The van der Waals surface area contributed by atoms with Gasteiger partial charge in [-0.25, -0.2) is 4.79 Å². The highest BCUT2D eigenvalue weighted by Gasteiger charge is 2.33. The van der Waals surface area contributed by atoms with Gasteiger partial charge in [0.15, 0.2) is 0 Å². The summed E-state index contributed by atoms with van der Waals surface area (Å²) in [5.41, 5.74) is -1.24. The number of carbonyl (C=O) groups is 2. The summed E-state index contributed by atoms with van der Waals surface area (Å²) in [6.45, 7) is 0. The van der Waals surface area contributed by atoms with Crippen LogP contribution in [0.15, 0.2) is 18.2 Å². The van der Waals surface area contributed by atoms with Crippen LogP contribution in [0.3, 0.4) is 0 Å². The molecule has 104 valence electrons. The molecule has 0 aliphatic heterocycles. The summed E-state index contributed by atoms with van der Waals surface area (Å²) in [7, 11) is 0. The number of carbonyl (C=O) groups excluding carboxylic acids is 2. The highest BCUT2D eigenvalue weighted by Crippen LogP contribution is 2.36. The second kappa shape index (κ2) is 6.12. The Hall–Kier alpha value is -1.47. The maximum absolute atomic E-state index is 12.5. The molecular weight excluding hydrogens is 308 g/mol. The number of amides is 3. The molecular formula is C10H7Cl2F3N2O2. The molecule has 3 amide bonds. The van der Waals surface area contributed by atoms with Crippen molar-refractivity contribution in [1.82, 2.24) is 5.32 Å². The zero-order chi connectivity index (χ0) is 14.6. The van der Waals surface area contributed by atoms with Crippen molar-refractivity contribution >= 4 is 40.8 Å². The molecule has 19 heavy (non-hydrogen) atoms. The quantitative estimate of drug-likeness (QED) is 0.823. The van der Waals surface area contributed by atoms with E-state index >= 15 is 0 Å². The van der Waals surface area contributed by atoms with E-state index in [4.69, 9.17) is 23.2 Å². The van der Waals surface area contributed by atoms with Crippen molar-refractivity contribution in [3.05, 3.63) is 28.8 Å². The fraction of sp³-hybridized carbons (Fsp3) is 0.200. The van der Waals surface area contributed by atoms with Crippen LogP contribution in [0, 0.1) is 0 Å². The van der Waals surface area contributed by atoms with Gasteiger partial charge < -0.3 is 5.32 Å². The number of hydrogen-bond acceptors (Lipinski definition) is 2. The normalized spacial score (nSPS) is 11.0. The molecule has 1 aromatic carbocycles. The second-order valence-corrected chi connectivity index (χ2v) is 4.00. The molecule has 0 aliphatic rings. The Morgan fingerprint density at radius 1 is 1.26 bits per heavy atom. The van der Waals surface area contributed by atoms with Crippen molar-refractivity contribution in [3.8, 4) is 0 Å². The number of anilines is 1. The van der Waals surface area contributed by atoms with Crippen LogP contribution >= 0.6 is 23.2 Å². The third kappa shape index (κ3) is 4.60. The third-order valence-corrected chi connectivity index (χ3v) is 2.48. The molecule has 0 aliphatic carbocycles. The molecule has 0 saturated carbocycles. The van der Waals surface area contributed by atoms with Crippen molar-refractivity contribution in [3.63, 3.8) is 0 Å². The average Bonchev–Trinajstić information content (AvgIpc) is 2.29. The Morgan fingerprint density at radius 2 is 1.89 bits per heavy atom. The maximum atomic E-state index is 12.5. The van der Waals surface area contributed by atoms with Gasteiger partial charge in [0.25, 0.3) is 0 Å². The van der Waals surface area contributed by atoms with Crippen molar-refractivity contribution in [2.24, 2.45) is 0 Å². The summed E-state index contributed by atoms with van der Waals surface area (Å²) in [5.74, 6) is -1.22. The minimum Gasteiger partial charge on any atom is -0.308 e.